The van der Waals surface area contributed by atoms with E-state index in [2.05, 4.69) is 38.8 Å². The zero-order valence-corrected chi connectivity index (χ0v) is 18.8. The molecule has 1 aliphatic heterocycles. The van der Waals surface area contributed by atoms with Crippen molar-refractivity contribution in [2.45, 2.75) is 26.1 Å². The van der Waals surface area contributed by atoms with Crippen LogP contribution in [0.15, 0.2) is 55.0 Å². The van der Waals surface area contributed by atoms with Crippen LogP contribution in [0.3, 0.4) is 0 Å². The standard InChI is InChI=1S/C23H26F3N5.ClH/c1-16(2)21(18-14-28-29-15-18)30-10-12-31(13-11-30)22-20(4-3-9-27-22)17-5-7-19(8-6-17)23(24,25)26;/h3-9,14-16,21H,10-13H2,1-2H3,(H,28,29);1H. The van der Waals surface area contributed by atoms with Gasteiger partial charge in [0.05, 0.1) is 11.8 Å². The van der Waals surface area contributed by atoms with Crippen LogP contribution in [0, 0.1) is 5.92 Å². The minimum absolute atomic E-state index is 0. The summed E-state index contributed by atoms with van der Waals surface area (Å²) in [6.07, 6.45) is 1.24. The van der Waals surface area contributed by atoms with E-state index >= 15 is 0 Å². The minimum atomic E-state index is -4.34. The molecule has 32 heavy (non-hydrogen) atoms. The first-order valence-electron chi connectivity index (χ1n) is 10.4. The molecular weight excluding hydrogens is 439 g/mol. The van der Waals surface area contributed by atoms with Gasteiger partial charge in [-0.1, -0.05) is 26.0 Å². The van der Waals surface area contributed by atoms with Crippen LogP contribution in [-0.4, -0.2) is 46.3 Å². The van der Waals surface area contributed by atoms with Crippen LogP contribution in [0.4, 0.5) is 19.0 Å². The third-order valence-corrected chi connectivity index (χ3v) is 5.81. The van der Waals surface area contributed by atoms with Crippen molar-refractivity contribution in [2.24, 2.45) is 5.92 Å². The number of nitrogens with zero attached hydrogens (tertiary/aromatic N) is 4. The van der Waals surface area contributed by atoms with E-state index in [0.717, 1.165) is 55.3 Å². The van der Waals surface area contributed by atoms with Crippen molar-refractivity contribution in [2.75, 3.05) is 31.1 Å². The maximum atomic E-state index is 12.9. The fraction of sp³-hybridized carbons (Fsp3) is 0.391. The van der Waals surface area contributed by atoms with Crippen LogP contribution in [0.5, 0.6) is 0 Å². The van der Waals surface area contributed by atoms with Gasteiger partial charge in [-0.05, 0) is 35.7 Å². The summed E-state index contributed by atoms with van der Waals surface area (Å²) in [5.41, 5.74) is 2.12. The van der Waals surface area contributed by atoms with Crippen molar-refractivity contribution in [3.8, 4) is 11.1 Å². The van der Waals surface area contributed by atoms with Crippen LogP contribution in [0.25, 0.3) is 11.1 Å². The highest BCUT2D eigenvalue weighted by Crippen LogP contribution is 2.35. The summed E-state index contributed by atoms with van der Waals surface area (Å²) in [6.45, 7) is 7.77. The van der Waals surface area contributed by atoms with Gasteiger partial charge in [-0.15, -0.1) is 12.4 Å². The average Bonchev–Trinajstić information content (AvgIpc) is 3.28. The van der Waals surface area contributed by atoms with E-state index in [1.807, 2.05) is 24.5 Å². The molecule has 0 bridgehead atoms. The Balaban J connectivity index is 0.00000289. The molecule has 4 rings (SSSR count). The molecule has 0 aliphatic carbocycles. The lowest BCUT2D eigenvalue weighted by Gasteiger charge is -2.41. The molecule has 5 nitrogen and oxygen atoms in total. The first kappa shape index (κ1) is 24.1. The number of aromatic nitrogens is 3. The second-order valence-corrected chi connectivity index (χ2v) is 8.19. The smallest absolute Gasteiger partial charge is 0.354 e. The van der Waals surface area contributed by atoms with Gasteiger partial charge in [-0.25, -0.2) is 4.98 Å². The Kier molecular flexibility index (Phi) is 7.46. The van der Waals surface area contributed by atoms with E-state index in [1.54, 1.807) is 6.20 Å². The van der Waals surface area contributed by atoms with Gasteiger partial charge in [0.2, 0.25) is 0 Å². The summed E-state index contributed by atoms with van der Waals surface area (Å²) in [7, 11) is 0. The van der Waals surface area contributed by atoms with Crippen LogP contribution < -0.4 is 4.90 Å². The minimum Gasteiger partial charge on any atom is -0.354 e. The number of pyridine rings is 1. The van der Waals surface area contributed by atoms with Crippen LogP contribution in [0.2, 0.25) is 0 Å². The van der Waals surface area contributed by atoms with Crippen molar-refractivity contribution < 1.29 is 13.2 Å². The van der Waals surface area contributed by atoms with Gasteiger partial charge in [0.1, 0.15) is 5.82 Å². The number of rotatable bonds is 5. The van der Waals surface area contributed by atoms with Crippen LogP contribution in [-0.2, 0) is 6.18 Å². The molecule has 2 aromatic heterocycles. The van der Waals surface area contributed by atoms with Gasteiger partial charge in [0.25, 0.3) is 0 Å². The lowest BCUT2D eigenvalue weighted by molar-refractivity contribution is -0.137. The molecule has 0 saturated carbocycles. The number of hydrogen-bond acceptors (Lipinski definition) is 4. The topological polar surface area (TPSA) is 48.1 Å². The summed E-state index contributed by atoms with van der Waals surface area (Å²) in [5, 5.41) is 7.02. The number of alkyl halides is 3. The largest absolute Gasteiger partial charge is 0.416 e. The first-order chi connectivity index (χ1) is 14.8. The zero-order valence-electron chi connectivity index (χ0n) is 18.0. The van der Waals surface area contributed by atoms with Crippen molar-refractivity contribution in [1.29, 1.82) is 0 Å². The third-order valence-electron chi connectivity index (χ3n) is 5.81. The summed E-state index contributed by atoms with van der Waals surface area (Å²) >= 11 is 0. The second kappa shape index (κ2) is 9.92. The van der Waals surface area contributed by atoms with Gasteiger partial charge in [-0.2, -0.15) is 18.3 Å². The molecule has 3 heterocycles. The monoisotopic (exact) mass is 465 g/mol. The number of anilines is 1. The molecule has 1 N–H and O–H groups in total. The molecule has 1 unspecified atom stereocenters. The molecule has 0 radical (unpaired) electrons. The number of hydrogen-bond donors (Lipinski definition) is 1. The molecule has 1 fully saturated rings. The van der Waals surface area contributed by atoms with E-state index in [1.165, 1.54) is 17.7 Å². The number of aromatic amines is 1. The fourth-order valence-corrected chi connectivity index (χ4v) is 4.36. The molecule has 0 spiro atoms. The molecule has 9 heteroatoms. The number of benzene rings is 1. The Morgan fingerprint density at radius 1 is 1.00 bits per heavy atom. The zero-order chi connectivity index (χ0) is 22.0. The Labute approximate surface area is 192 Å². The molecule has 172 valence electrons. The average molecular weight is 466 g/mol. The number of piperazine rings is 1. The van der Waals surface area contributed by atoms with Crippen molar-refractivity contribution in [1.82, 2.24) is 20.1 Å². The van der Waals surface area contributed by atoms with E-state index in [4.69, 9.17) is 0 Å². The molecule has 1 aromatic carbocycles. The Hall–Kier alpha value is -2.58. The van der Waals surface area contributed by atoms with Gasteiger partial charge in [0, 0.05) is 55.7 Å². The van der Waals surface area contributed by atoms with Gasteiger partial charge >= 0.3 is 6.18 Å². The maximum absolute atomic E-state index is 12.9. The van der Waals surface area contributed by atoms with Gasteiger partial charge < -0.3 is 4.90 Å². The van der Waals surface area contributed by atoms with Gasteiger partial charge in [-0.3, -0.25) is 10.00 Å². The third kappa shape index (κ3) is 5.07. The molecule has 3 aromatic rings. The van der Waals surface area contributed by atoms with Crippen molar-refractivity contribution in [3.63, 3.8) is 0 Å². The van der Waals surface area contributed by atoms with Crippen LogP contribution >= 0.6 is 12.4 Å². The highest BCUT2D eigenvalue weighted by Gasteiger charge is 2.31. The lowest BCUT2D eigenvalue weighted by Crippen LogP contribution is -2.49. The number of nitrogens with one attached hydrogen (secondary N) is 1. The Morgan fingerprint density at radius 2 is 1.69 bits per heavy atom. The fourth-order valence-electron chi connectivity index (χ4n) is 4.36. The van der Waals surface area contributed by atoms with Crippen molar-refractivity contribution in [3.05, 3.63) is 66.1 Å². The van der Waals surface area contributed by atoms with E-state index < -0.39 is 11.7 Å². The Morgan fingerprint density at radius 3 is 2.25 bits per heavy atom. The number of H-pyrrole nitrogens is 1. The molecule has 1 saturated heterocycles. The maximum Gasteiger partial charge on any atom is 0.416 e. The van der Waals surface area contributed by atoms with E-state index in [-0.39, 0.29) is 12.4 Å². The molecule has 1 atom stereocenters. The summed E-state index contributed by atoms with van der Waals surface area (Å²) in [5.74, 6) is 1.26. The van der Waals surface area contributed by atoms with Crippen molar-refractivity contribution >= 4 is 18.2 Å². The molecular formula is C23H27ClF3N5. The first-order valence-corrected chi connectivity index (χ1v) is 10.4. The molecule has 0 amide bonds. The quantitative estimate of drug-likeness (QED) is 0.545. The second-order valence-electron chi connectivity index (χ2n) is 8.19. The van der Waals surface area contributed by atoms with E-state index in [9.17, 15) is 13.2 Å². The lowest BCUT2D eigenvalue weighted by atomic mass is 9.96. The van der Waals surface area contributed by atoms with Gasteiger partial charge in [0.15, 0.2) is 0 Å². The molecule has 1 aliphatic rings. The predicted octanol–water partition coefficient (Wildman–Crippen LogP) is 5.43. The van der Waals surface area contributed by atoms with Crippen LogP contribution in [0.1, 0.15) is 31.0 Å². The summed E-state index contributed by atoms with van der Waals surface area (Å²) in [4.78, 5) is 9.26. The highest BCUT2D eigenvalue weighted by molar-refractivity contribution is 5.85. The highest BCUT2D eigenvalue weighted by atomic mass is 35.5. The summed E-state index contributed by atoms with van der Waals surface area (Å²) in [6, 6.07) is 9.32. The SMILES string of the molecule is CC(C)C(c1cn[nH]c1)N1CCN(c2ncccc2-c2ccc(C(F)(F)F)cc2)CC1.Cl. The Bertz CT molecular complexity index is 982. The summed E-state index contributed by atoms with van der Waals surface area (Å²) < 4.78 is 38.8. The predicted molar refractivity (Wildman–Crippen MR) is 122 cm³/mol. The number of halogens is 4. The normalized spacial score (nSPS) is 16.1. The van der Waals surface area contributed by atoms with E-state index in [0.29, 0.717) is 12.0 Å².